The Hall–Kier alpha value is -2.08. The van der Waals surface area contributed by atoms with Gasteiger partial charge in [0.25, 0.3) is 0 Å². The van der Waals surface area contributed by atoms with Crippen LogP contribution in [0.3, 0.4) is 0 Å². The van der Waals surface area contributed by atoms with E-state index in [2.05, 4.69) is 5.32 Å². The van der Waals surface area contributed by atoms with Gasteiger partial charge in [-0.2, -0.15) is 0 Å². The zero-order valence-corrected chi connectivity index (χ0v) is 12.4. The third-order valence-corrected chi connectivity index (χ3v) is 3.63. The fourth-order valence-electron chi connectivity index (χ4n) is 2.51. The van der Waals surface area contributed by atoms with Crippen molar-refractivity contribution in [2.75, 3.05) is 19.7 Å². The fraction of sp³-hybridized carbons (Fsp3) is 0.500. The van der Waals surface area contributed by atoms with Crippen molar-refractivity contribution < 1.29 is 19.4 Å². The fourth-order valence-corrected chi connectivity index (χ4v) is 2.51. The number of nitrogens with zero attached hydrogens (tertiary/aromatic N) is 1. The van der Waals surface area contributed by atoms with Crippen LogP contribution in [0.2, 0.25) is 0 Å². The predicted molar refractivity (Wildman–Crippen MR) is 81.0 cm³/mol. The van der Waals surface area contributed by atoms with Crippen LogP contribution in [0.4, 0.5) is 0 Å². The number of benzene rings is 1. The predicted octanol–water partition coefficient (Wildman–Crippen LogP) is 0.464. The monoisotopic (exact) mass is 305 g/mol. The van der Waals surface area contributed by atoms with Gasteiger partial charge in [0.1, 0.15) is 24.5 Å². The summed E-state index contributed by atoms with van der Waals surface area (Å²) in [6.45, 7) is 0.896. The zero-order valence-electron chi connectivity index (χ0n) is 12.4. The van der Waals surface area contributed by atoms with Crippen LogP contribution in [-0.2, 0) is 9.59 Å². The lowest BCUT2D eigenvalue weighted by Gasteiger charge is -2.26. The highest BCUT2D eigenvalue weighted by Crippen LogP contribution is 2.13. The molecule has 1 saturated heterocycles. The maximum Gasteiger partial charge on any atom is 0.309 e. The second-order valence-corrected chi connectivity index (χ2v) is 5.36. The minimum Gasteiger partial charge on any atom is -0.491 e. The lowest BCUT2D eigenvalue weighted by molar-refractivity contribution is -0.134. The molecular weight excluding hydrogens is 284 g/mol. The molecule has 0 aromatic heterocycles. The number of para-hydroxylation sites is 1. The lowest BCUT2D eigenvalue weighted by Crippen LogP contribution is -2.48. The highest BCUT2D eigenvalue weighted by Gasteiger charge is 2.28. The molecule has 0 spiro atoms. The first-order valence-corrected chi connectivity index (χ1v) is 7.48. The van der Waals surface area contributed by atoms with E-state index < -0.39 is 12.1 Å². The van der Waals surface area contributed by atoms with E-state index in [4.69, 9.17) is 4.74 Å². The molecule has 119 valence electrons. The third kappa shape index (κ3) is 4.73. The quantitative estimate of drug-likeness (QED) is 0.718. The summed E-state index contributed by atoms with van der Waals surface area (Å²) in [6.07, 6.45) is 3.13. The van der Waals surface area contributed by atoms with Crippen LogP contribution < -0.4 is 10.1 Å². The van der Waals surface area contributed by atoms with Gasteiger partial charge in [-0.25, -0.2) is 0 Å². The van der Waals surface area contributed by atoms with Gasteiger partial charge in [-0.15, -0.1) is 0 Å². The van der Waals surface area contributed by atoms with Gasteiger partial charge in [0.15, 0.2) is 0 Å². The highest BCUT2D eigenvalue weighted by atomic mass is 16.5. The van der Waals surface area contributed by atoms with Crippen LogP contribution in [0.1, 0.15) is 19.3 Å². The summed E-state index contributed by atoms with van der Waals surface area (Å²) >= 11 is 0. The summed E-state index contributed by atoms with van der Waals surface area (Å²) in [7, 11) is 0. The molecule has 2 rings (SSSR count). The molecular formula is C16H21N2O4. The van der Waals surface area contributed by atoms with E-state index in [0.717, 1.165) is 12.8 Å². The topological polar surface area (TPSA) is 78.9 Å². The molecule has 1 aromatic rings. The second kappa shape index (κ2) is 8.38. The summed E-state index contributed by atoms with van der Waals surface area (Å²) < 4.78 is 5.48. The summed E-state index contributed by atoms with van der Waals surface area (Å²) in [6, 6.07) is 8.67. The van der Waals surface area contributed by atoms with E-state index in [1.807, 2.05) is 30.3 Å². The Morgan fingerprint density at radius 2 is 2.14 bits per heavy atom. The number of β-amino-alcohol motifs (C(OH)–C–C–N with tert-alkyl or cyclic N) is 1. The average molecular weight is 305 g/mol. The van der Waals surface area contributed by atoms with Crippen molar-refractivity contribution in [2.45, 2.75) is 31.4 Å². The van der Waals surface area contributed by atoms with Gasteiger partial charge in [0.05, 0.1) is 0 Å². The molecule has 1 fully saturated rings. The van der Waals surface area contributed by atoms with Crippen molar-refractivity contribution >= 4 is 12.3 Å². The van der Waals surface area contributed by atoms with Gasteiger partial charge in [-0.3, -0.25) is 9.59 Å². The normalized spacial score (nSPS) is 20.1. The van der Waals surface area contributed by atoms with Crippen LogP contribution in [0, 0.1) is 0 Å². The molecule has 1 radical (unpaired) electrons. The first-order chi connectivity index (χ1) is 10.7. The van der Waals surface area contributed by atoms with Gasteiger partial charge < -0.3 is 20.1 Å². The van der Waals surface area contributed by atoms with E-state index >= 15 is 0 Å². The minimum absolute atomic E-state index is 0.117. The Bertz CT molecular complexity index is 480. The molecule has 1 aliphatic rings. The smallest absolute Gasteiger partial charge is 0.309 e. The number of nitrogens with one attached hydrogen (secondary N) is 1. The van der Waals surface area contributed by atoms with E-state index in [9.17, 15) is 14.7 Å². The van der Waals surface area contributed by atoms with Gasteiger partial charge in [0, 0.05) is 13.1 Å². The first-order valence-electron chi connectivity index (χ1n) is 7.48. The number of rotatable bonds is 7. The van der Waals surface area contributed by atoms with Crippen LogP contribution in [0.15, 0.2) is 30.3 Å². The molecule has 0 aliphatic carbocycles. The number of carbonyl (C=O) groups excluding carboxylic acids is 2. The van der Waals surface area contributed by atoms with Crippen molar-refractivity contribution in [1.82, 2.24) is 10.2 Å². The molecule has 1 aromatic carbocycles. The Balaban J connectivity index is 1.84. The molecule has 1 unspecified atom stereocenters. The summed E-state index contributed by atoms with van der Waals surface area (Å²) in [5.41, 5.74) is 0. The van der Waals surface area contributed by atoms with E-state index in [-0.39, 0.29) is 19.1 Å². The van der Waals surface area contributed by atoms with Gasteiger partial charge in [0.2, 0.25) is 5.91 Å². The third-order valence-electron chi connectivity index (χ3n) is 3.63. The largest absolute Gasteiger partial charge is 0.491 e. The number of likely N-dealkylation sites (tertiary alicyclic amines) is 1. The number of amides is 2. The minimum atomic E-state index is -0.775. The van der Waals surface area contributed by atoms with Crippen LogP contribution in [0.25, 0.3) is 0 Å². The van der Waals surface area contributed by atoms with Gasteiger partial charge >= 0.3 is 6.41 Å². The van der Waals surface area contributed by atoms with E-state index in [1.54, 1.807) is 11.3 Å². The molecule has 1 aliphatic heterocycles. The van der Waals surface area contributed by atoms with E-state index in [1.165, 1.54) is 0 Å². The van der Waals surface area contributed by atoms with Crippen LogP contribution in [0.5, 0.6) is 5.75 Å². The molecule has 6 heteroatoms. The molecule has 0 bridgehead atoms. The molecule has 2 atom stereocenters. The first kappa shape index (κ1) is 16.3. The van der Waals surface area contributed by atoms with Crippen molar-refractivity contribution in [3.05, 3.63) is 30.3 Å². The van der Waals surface area contributed by atoms with E-state index in [0.29, 0.717) is 18.7 Å². The van der Waals surface area contributed by atoms with Crippen LogP contribution >= 0.6 is 0 Å². The number of carbonyl (C=O) groups is 1. The van der Waals surface area contributed by atoms with Crippen molar-refractivity contribution in [2.24, 2.45) is 0 Å². The number of hydrogen-bond acceptors (Lipinski definition) is 4. The average Bonchev–Trinajstić information content (AvgIpc) is 2.70. The summed E-state index contributed by atoms with van der Waals surface area (Å²) in [5, 5.41) is 12.5. The molecule has 0 saturated carbocycles. The molecule has 6 nitrogen and oxygen atoms in total. The molecule has 2 amide bonds. The highest BCUT2D eigenvalue weighted by molar-refractivity contribution is 5.84. The molecule has 2 N–H and O–H groups in total. The van der Waals surface area contributed by atoms with Gasteiger partial charge in [-0.1, -0.05) is 18.2 Å². The van der Waals surface area contributed by atoms with Crippen molar-refractivity contribution in [3.63, 3.8) is 0 Å². The SMILES string of the molecule is O=[C]N[C@H]1CCCCN(CC(O)COc2ccccc2)C1=O. The molecule has 22 heavy (non-hydrogen) atoms. The summed E-state index contributed by atoms with van der Waals surface area (Å²) in [4.78, 5) is 24.3. The Morgan fingerprint density at radius 3 is 2.86 bits per heavy atom. The number of ether oxygens (including phenoxy) is 1. The Kier molecular flexibility index (Phi) is 6.21. The Morgan fingerprint density at radius 1 is 1.36 bits per heavy atom. The number of aliphatic hydroxyl groups is 1. The number of aliphatic hydroxyl groups excluding tert-OH is 1. The zero-order chi connectivity index (χ0) is 15.8. The number of hydrogen-bond donors (Lipinski definition) is 2. The maximum absolute atomic E-state index is 12.3. The lowest BCUT2D eigenvalue weighted by atomic mass is 10.1. The molecule has 1 heterocycles. The summed E-state index contributed by atoms with van der Waals surface area (Å²) in [5.74, 6) is 0.512. The second-order valence-electron chi connectivity index (χ2n) is 5.36. The van der Waals surface area contributed by atoms with Crippen molar-refractivity contribution in [1.29, 1.82) is 0 Å². The Labute approximate surface area is 130 Å². The standard InChI is InChI=1S/C16H21N2O4/c19-12-17-15-8-4-5-9-18(16(15)21)10-13(20)11-22-14-6-2-1-3-7-14/h1-3,6-7,13,15,20H,4-5,8-11H2,(H,17,19)/t13?,15-/m0/s1. The van der Waals surface area contributed by atoms with Gasteiger partial charge in [-0.05, 0) is 31.4 Å². The van der Waals surface area contributed by atoms with Crippen LogP contribution in [-0.4, -0.2) is 54.2 Å². The van der Waals surface area contributed by atoms with Crippen molar-refractivity contribution in [3.8, 4) is 5.75 Å². The maximum atomic E-state index is 12.3.